The number of ether oxygens (including phenoxy) is 2. The van der Waals surface area contributed by atoms with Crippen LogP contribution in [0.5, 0.6) is 0 Å². The molecule has 0 radical (unpaired) electrons. The van der Waals surface area contributed by atoms with Crippen molar-refractivity contribution >= 4 is 0 Å². The van der Waals surface area contributed by atoms with Gasteiger partial charge < -0.3 is 14.8 Å². The van der Waals surface area contributed by atoms with Gasteiger partial charge in [0, 0.05) is 18.7 Å². The fourth-order valence-electron chi connectivity index (χ4n) is 2.67. The van der Waals surface area contributed by atoms with Gasteiger partial charge in [0.1, 0.15) is 5.69 Å². The molecule has 1 aliphatic rings. The maximum atomic E-state index is 5.85. The molecule has 0 amide bonds. The Labute approximate surface area is 149 Å². The molecule has 25 heavy (non-hydrogen) atoms. The first-order valence-corrected chi connectivity index (χ1v) is 8.94. The van der Waals surface area contributed by atoms with Crippen LogP contribution in [0.2, 0.25) is 0 Å². The molecule has 1 N–H and O–H groups in total. The van der Waals surface area contributed by atoms with Crippen molar-refractivity contribution in [2.45, 2.75) is 58.4 Å². The molecule has 1 saturated heterocycles. The lowest BCUT2D eigenvalue weighted by Crippen LogP contribution is -2.35. The predicted octanol–water partition coefficient (Wildman–Crippen LogP) is 2.85. The largest absolute Gasteiger partial charge is 0.379 e. The summed E-state index contributed by atoms with van der Waals surface area (Å²) in [5.41, 5.74) is 3.20. The molecule has 2 aromatic rings. The Hall–Kier alpha value is -1.76. The first-order chi connectivity index (χ1) is 12.0. The van der Waals surface area contributed by atoms with E-state index in [2.05, 4.69) is 60.7 Å². The number of nitrogens with zero attached hydrogens (tertiary/aromatic N) is 3. The minimum absolute atomic E-state index is 0.114. The fourth-order valence-corrected chi connectivity index (χ4v) is 2.67. The summed E-state index contributed by atoms with van der Waals surface area (Å²) in [7, 11) is 0. The Morgan fingerprint density at radius 3 is 2.76 bits per heavy atom. The van der Waals surface area contributed by atoms with Gasteiger partial charge in [-0.2, -0.15) is 0 Å². The Morgan fingerprint density at radius 2 is 2.08 bits per heavy atom. The zero-order chi connectivity index (χ0) is 17.7. The molecular weight excluding hydrogens is 316 g/mol. The molecule has 0 aliphatic carbocycles. The second-order valence-electron chi connectivity index (χ2n) is 7.57. The highest BCUT2D eigenvalue weighted by Crippen LogP contribution is 2.13. The molecule has 6 nitrogen and oxygen atoms in total. The molecule has 2 heterocycles. The third kappa shape index (κ3) is 5.63. The van der Waals surface area contributed by atoms with Crippen LogP contribution in [0.15, 0.2) is 30.5 Å². The summed E-state index contributed by atoms with van der Waals surface area (Å²) >= 11 is 0. The monoisotopic (exact) mass is 344 g/mol. The van der Waals surface area contributed by atoms with E-state index in [9.17, 15) is 0 Å². The highest BCUT2D eigenvalue weighted by Gasteiger charge is 2.15. The summed E-state index contributed by atoms with van der Waals surface area (Å²) in [6.07, 6.45) is 4.21. The van der Waals surface area contributed by atoms with Gasteiger partial charge in [0.15, 0.2) is 0 Å². The fraction of sp³-hybridized carbons (Fsp3) is 0.579. The molecule has 0 spiro atoms. The molecule has 1 atom stereocenters. The lowest BCUT2D eigenvalue weighted by Gasteiger charge is -2.21. The summed E-state index contributed by atoms with van der Waals surface area (Å²) in [6, 6.07) is 8.36. The highest BCUT2D eigenvalue weighted by molar-refractivity contribution is 5.33. The van der Waals surface area contributed by atoms with Crippen molar-refractivity contribution in [1.82, 2.24) is 20.3 Å². The first kappa shape index (κ1) is 18.0. The lowest BCUT2D eigenvalue weighted by molar-refractivity contribution is -0.0577. The summed E-state index contributed by atoms with van der Waals surface area (Å²) in [5.74, 6) is 0. The topological polar surface area (TPSA) is 61.2 Å². The quantitative estimate of drug-likeness (QED) is 0.873. The predicted molar refractivity (Wildman–Crippen MR) is 96.6 cm³/mol. The number of rotatable bonds is 6. The van der Waals surface area contributed by atoms with Crippen molar-refractivity contribution in [3.05, 3.63) is 41.7 Å². The minimum atomic E-state index is 0.114. The number of hydrogen-bond acceptors (Lipinski definition) is 5. The van der Waals surface area contributed by atoms with Gasteiger partial charge in [-0.3, -0.25) is 0 Å². The minimum Gasteiger partial charge on any atom is -0.379 e. The van der Waals surface area contributed by atoms with E-state index in [1.54, 1.807) is 4.68 Å². The van der Waals surface area contributed by atoms with Gasteiger partial charge in [0.05, 0.1) is 31.2 Å². The molecule has 1 fully saturated rings. The maximum absolute atomic E-state index is 5.85. The first-order valence-electron chi connectivity index (χ1n) is 8.94. The zero-order valence-corrected chi connectivity index (χ0v) is 15.4. The molecule has 1 unspecified atom stereocenters. The molecular formula is C19H28N4O2. The Balaban J connectivity index is 1.54. The van der Waals surface area contributed by atoms with Crippen molar-refractivity contribution < 1.29 is 9.47 Å². The van der Waals surface area contributed by atoms with Crippen molar-refractivity contribution in [2.24, 2.45) is 0 Å². The van der Waals surface area contributed by atoms with E-state index < -0.39 is 0 Å². The van der Waals surface area contributed by atoms with Crippen molar-refractivity contribution in [3.8, 4) is 5.69 Å². The van der Waals surface area contributed by atoms with E-state index in [1.165, 1.54) is 5.56 Å². The number of nitrogens with one attached hydrogen (secondary N) is 1. The van der Waals surface area contributed by atoms with Gasteiger partial charge in [0.2, 0.25) is 0 Å². The molecule has 1 aromatic heterocycles. The van der Waals surface area contributed by atoms with Crippen LogP contribution in [-0.4, -0.2) is 39.9 Å². The van der Waals surface area contributed by atoms with Crippen LogP contribution in [0.25, 0.3) is 5.69 Å². The maximum Gasteiger partial charge on any atom is 0.109 e. The Bertz CT molecular complexity index is 655. The van der Waals surface area contributed by atoms with E-state index in [0.29, 0.717) is 13.2 Å². The summed E-state index contributed by atoms with van der Waals surface area (Å²) in [5, 5.41) is 11.9. The Kier molecular flexibility index (Phi) is 5.83. The second kappa shape index (κ2) is 8.08. The van der Waals surface area contributed by atoms with E-state index in [1.807, 2.05) is 6.20 Å². The van der Waals surface area contributed by atoms with Crippen molar-refractivity contribution in [1.29, 1.82) is 0 Å². The molecule has 1 aliphatic heterocycles. The van der Waals surface area contributed by atoms with E-state index in [-0.39, 0.29) is 11.6 Å². The molecule has 0 saturated carbocycles. The van der Waals surface area contributed by atoms with E-state index in [4.69, 9.17) is 9.47 Å². The number of benzene rings is 1. The average molecular weight is 344 g/mol. The van der Waals surface area contributed by atoms with Gasteiger partial charge >= 0.3 is 0 Å². The van der Waals surface area contributed by atoms with Crippen LogP contribution in [0.3, 0.4) is 0 Å². The van der Waals surface area contributed by atoms with Gasteiger partial charge in [0.25, 0.3) is 0 Å². The lowest BCUT2D eigenvalue weighted by atomic mass is 10.1. The van der Waals surface area contributed by atoms with Gasteiger partial charge in [-0.05, 0) is 51.3 Å². The number of aromatic nitrogens is 3. The van der Waals surface area contributed by atoms with Crippen LogP contribution in [-0.2, 0) is 22.6 Å². The van der Waals surface area contributed by atoms with E-state index in [0.717, 1.165) is 37.4 Å². The van der Waals surface area contributed by atoms with Gasteiger partial charge in [-0.1, -0.05) is 17.3 Å². The normalized spacial score (nSPS) is 18.4. The summed E-state index contributed by atoms with van der Waals surface area (Å²) < 4.78 is 13.1. The van der Waals surface area contributed by atoms with Crippen LogP contribution in [0, 0.1) is 0 Å². The summed E-state index contributed by atoms with van der Waals surface area (Å²) in [4.78, 5) is 0. The second-order valence-corrected chi connectivity index (χ2v) is 7.57. The smallest absolute Gasteiger partial charge is 0.109 e. The van der Waals surface area contributed by atoms with Gasteiger partial charge in [-0.15, -0.1) is 5.10 Å². The van der Waals surface area contributed by atoms with Gasteiger partial charge in [-0.25, -0.2) is 4.68 Å². The molecule has 136 valence electrons. The number of hydrogen-bond donors (Lipinski definition) is 1. The van der Waals surface area contributed by atoms with Crippen molar-refractivity contribution in [3.63, 3.8) is 0 Å². The van der Waals surface area contributed by atoms with Crippen molar-refractivity contribution in [2.75, 3.05) is 13.2 Å². The Morgan fingerprint density at radius 1 is 1.28 bits per heavy atom. The third-order valence-electron chi connectivity index (χ3n) is 4.15. The molecule has 3 rings (SSSR count). The van der Waals surface area contributed by atoms with Crippen LogP contribution in [0.1, 0.15) is 44.9 Å². The zero-order valence-electron chi connectivity index (χ0n) is 15.4. The highest BCUT2D eigenvalue weighted by atomic mass is 16.5. The van der Waals surface area contributed by atoms with Crippen LogP contribution in [0.4, 0.5) is 0 Å². The summed E-state index contributed by atoms with van der Waals surface area (Å²) in [6.45, 7) is 9.35. The average Bonchev–Trinajstić information content (AvgIpc) is 3.08. The molecule has 0 bridgehead atoms. The molecule has 6 heteroatoms. The molecule has 1 aromatic carbocycles. The third-order valence-corrected chi connectivity index (χ3v) is 4.15. The SMILES string of the molecule is CC(C)(C)NCc1ccc(-n2cc(COC3CCCOC3)nn2)cc1. The van der Waals surface area contributed by atoms with Crippen LogP contribution >= 0.6 is 0 Å². The van der Waals surface area contributed by atoms with Crippen LogP contribution < -0.4 is 5.32 Å². The standard InChI is InChI=1S/C19H28N4O2/c1-19(2,3)20-11-15-6-8-17(9-7-15)23-12-16(21-22-23)13-25-18-5-4-10-24-14-18/h6-9,12,18,20H,4-5,10-11,13-14H2,1-3H3. The van der Waals surface area contributed by atoms with E-state index >= 15 is 0 Å².